The number of nitrogens with zero attached hydrogens (tertiary/aromatic N) is 6. The van der Waals surface area contributed by atoms with E-state index in [1.54, 1.807) is 13.3 Å². The molecule has 0 aliphatic heterocycles. The number of tetrazole rings is 1. The molecule has 2 atom stereocenters. The fourth-order valence-corrected chi connectivity index (χ4v) is 5.71. The number of unbranched alkanes of at least 4 members (excludes halogenated alkanes) is 1. The maximum absolute atomic E-state index is 14.0. The summed E-state index contributed by atoms with van der Waals surface area (Å²) >= 11 is 0. The van der Waals surface area contributed by atoms with Gasteiger partial charge in [0.05, 0.1) is 18.7 Å². The number of benzene rings is 1. The van der Waals surface area contributed by atoms with Crippen molar-refractivity contribution >= 4 is 0 Å². The molecule has 9 heteroatoms. The number of rotatable bonds is 9. The number of methoxy groups -OCH3 is 1. The molecule has 0 saturated heterocycles. The Morgan fingerprint density at radius 3 is 2.63 bits per heavy atom. The van der Waals surface area contributed by atoms with Gasteiger partial charge in [-0.25, -0.2) is 4.79 Å². The van der Waals surface area contributed by atoms with Gasteiger partial charge in [0, 0.05) is 37.0 Å². The third-order valence-corrected chi connectivity index (χ3v) is 7.74. The van der Waals surface area contributed by atoms with Gasteiger partial charge in [0.25, 0.3) is 0 Å². The average molecular weight is 516 g/mol. The Balaban J connectivity index is 1.56. The maximum atomic E-state index is 14.0. The van der Waals surface area contributed by atoms with Crippen LogP contribution < -0.4 is 5.69 Å². The third kappa shape index (κ3) is 5.48. The second-order valence-electron chi connectivity index (χ2n) is 10.1. The molecule has 9 nitrogen and oxygen atoms in total. The van der Waals surface area contributed by atoms with Gasteiger partial charge in [-0.1, -0.05) is 63.3 Å². The molecule has 1 N–H and O–H groups in total. The van der Waals surface area contributed by atoms with Crippen LogP contribution in [0.15, 0.2) is 53.7 Å². The molecular weight excluding hydrogens is 478 g/mol. The van der Waals surface area contributed by atoms with Crippen LogP contribution in [0.25, 0.3) is 22.5 Å². The van der Waals surface area contributed by atoms with Crippen molar-refractivity contribution in [1.29, 1.82) is 0 Å². The predicted octanol–water partition coefficient (Wildman–Crippen LogP) is 5.19. The first-order valence-electron chi connectivity index (χ1n) is 13.8. The number of pyridine rings is 1. The molecule has 38 heavy (non-hydrogen) atoms. The summed E-state index contributed by atoms with van der Waals surface area (Å²) in [7, 11) is 1.78. The van der Waals surface area contributed by atoms with E-state index in [-0.39, 0.29) is 17.8 Å². The van der Waals surface area contributed by atoms with E-state index >= 15 is 0 Å². The minimum Gasteiger partial charge on any atom is -0.379 e. The van der Waals surface area contributed by atoms with Crippen LogP contribution in [-0.4, -0.2) is 48.0 Å². The van der Waals surface area contributed by atoms with Crippen molar-refractivity contribution in [3.05, 3.63) is 70.7 Å². The van der Waals surface area contributed by atoms with Crippen LogP contribution in [0, 0.1) is 0 Å². The highest BCUT2D eigenvalue weighted by Crippen LogP contribution is 2.33. The predicted molar refractivity (Wildman–Crippen MR) is 147 cm³/mol. The molecule has 1 fully saturated rings. The molecule has 2 unspecified atom stereocenters. The highest BCUT2D eigenvalue weighted by Gasteiger charge is 2.27. The lowest BCUT2D eigenvalue weighted by Gasteiger charge is -2.28. The van der Waals surface area contributed by atoms with Crippen molar-refractivity contribution in [2.75, 3.05) is 7.11 Å². The summed E-state index contributed by atoms with van der Waals surface area (Å²) in [5.41, 5.74) is 4.93. The van der Waals surface area contributed by atoms with Crippen LogP contribution in [0.4, 0.5) is 0 Å². The molecule has 3 aromatic heterocycles. The van der Waals surface area contributed by atoms with Crippen molar-refractivity contribution in [3.8, 4) is 22.5 Å². The van der Waals surface area contributed by atoms with Gasteiger partial charge in [0.2, 0.25) is 5.82 Å². The first kappa shape index (κ1) is 26.0. The quantitative estimate of drug-likeness (QED) is 0.329. The highest BCUT2D eigenvalue weighted by molar-refractivity contribution is 5.81. The fourth-order valence-electron chi connectivity index (χ4n) is 5.71. The summed E-state index contributed by atoms with van der Waals surface area (Å²) in [6.45, 7) is 2.63. The molecule has 200 valence electrons. The number of hydrogen-bond acceptors (Lipinski definition) is 6. The molecule has 5 rings (SSSR count). The third-order valence-electron chi connectivity index (χ3n) is 7.74. The van der Waals surface area contributed by atoms with Crippen LogP contribution in [0.5, 0.6) is 0 Å². The monoisotopic (exact) mass is 515 g/mol. The summed E-state index contributed by atoms with van der Waals surface area (Å²) in [6, 6.07) is 10.1. The lowest BCUT2D eigenvalue weighted by molar-refractivity contribution is 0.0381. The number of aromatic nitrogens is 7. The largest absolute Gasteiger partial charge is 0.379 e. The van der Waals surface area contributed by atoms with Gasteiger partial charge in [0.15, 0.2) is 0 Å². The van der Waals surface area contributed by atoms with Crippen molar-refractivity contribution in [2.24, 2.45) is 0 Å². The Bertz CT molecular complexity index is 1380. The van der Waals surface area contributed by atoms with Gasteiger partial charge in [-0.3, -0.25) is 14.1 Å². The molecular formula is C29H37N7O2. The minimum absolute atomic E-state index is 0.0324. The van der Waals surface area contributed by atoms with Crippen LogP contribution in [-0.2, 0) is 17.7 Å². The number of aromatic amines is 1. The van der Waals surface area contributed by atoms with Gasteiger partial charge in [-0.05, 0) is 53.7 Å². The number of nitrogens with one attached hydrogen (secondary N) is 1. The van der Waals surface area contributed by atoms with E-state index in [4.69, 9.17) is 4.74 Å². The Labute approximate surface area is 223 Å². The SMILES string of the molecule is CCCCc1cn(C2CCCCCCC2OC)c(=O)n1Cc1cnccc1-c1ccccc1-c1nn[nH]n1. The average Bonchev–Trinajstić information content (AvgIpc) is 3.57. The van der Waals surface area contributed by atoms with Crippen molar-refractivity contribution in [2.45, 2.75) is 83.4 Å². The van der Waals surface area contributed by atoms with E-state index in [0.29, 0.717) is 12.4 Å². The molecule has 4 aromatic rings. The summed E-state index contributed by atoms with van der Waals surface area (Å²) in [5, 5.41) is 14.7. The van der Waals surface area contributed by atoms with Crippen LogP contribution >= 0.6 is 0 Å². The summed E-state index contributed by atoms with van der Waals surface area (Å²) < 4.78 is 9.83. The van der Waals surface area contributed by atoms with Gasteiger partial charge in [-0.15, -0.1) is 10.2 Å². The second-order valence-corrected chi connectivity index (χ2v) is 10.1. The Kier molecular flexibility index (Phi) is 8.43. The van der Waals surface area contributed by atoms with Gasteiger partial charge < -0.3 is 4.74 Å². The Hall–Kier alpha value is -3.59. The Morgan fingerprint density at radius 2 is 1.87 bits per heavy atom. The number of ether oxygens (including phenoxy) is 1. The fraction of sp³-hybridized carbons (Fsp3) is 0.483. The maximum Gasteiger partial charge on any atom is 0.329 e. The summed E-state index contributed by atoms with van der Waals surface area (Å²) in [5.74, 6) is 0.533. The van der Waals surface area contributed by atoms with Crippen molar-refractivity contribution in [1.82, 2.24) is 34.7 Å². The van der Waals surface area contributed by atoms with Gasteiger partial charge in [0.1, 0.15) is 0 Å². The molecule has 0 radical (unpaired) electrons. The molecule has 3 heterocycles. The van der Waals surface area contributed by atoms with Crippen molar-refractivity contribution in [3.63, 3.8) is 0 Å². The van der Waals surface area contributed by atoms with Crippen LogP contribution in [0.3, 0.4) is 0 Å². The standard InChI is InChI=1S/C29H37N7O2/c1-3-4-11-22-20-36(26-14-7-5-6-8-15-27(26)38-2)29(37)35(22)19-21-18-30-17-16-23(21)24-12-9-10-13-25(24)28-31-33-34-32-28/h9-10,12-13,16-18,20,26-27H,3-8,11,14-15,19H2,1-2H3,(H,31,32,33,34). The van der Waals surface area contributed by atoms with Gasteiger partial charge in [-0.2, -0.15) is 5.21 Å². The Morgan fingerprint density at radius 1 is 1.05 bits per heavy atom. The number of H-pyrrole nitrogens is 1. The lowest BCUT2D eigenvalue weighted by atomic mass is 9.94. The first-order chi connectivity index (χ1) is 18.7. The van der Waals surface area contributed by atoms with E-state index in [1.807, 2.05) is 45.7 Å². The molecule has 0 spiro atoms. The second kappa shape index (κ2) is 12.3. The van der Waals surface area contributed by atoms with E-state index in [9.17, 15) is 4.79 Å². The smallest absolute Gasteiger partial charge is 0.329 e. The van der Waals surface area contributed by atoms with Crippen LogP contribution in [0.2, 0.25) is 0 Å². The lowest BCUT2D eigenvalue weighted by Crippen LogP contribution is -2.35. The number of aryl methyl sites for hydroxylation is 1. The molecule has 0 amide bonds. The molecule has 1 aromatic carbocycles. The molecule has 1 aliphatic carbocycles. The number of hydrogen-bond donors (Lipinski definition) is 1. The topological polar surface area (TPSA) is 104 Å². The van der Waals surface area contributed by atoms with Crippen LogP contribution in [0.1, 0.15) is 75.6 Å². The zero-order valence-corrected chi connectivity index (χ0v) is 22.3. The first-order valence-corrected chi connectivity index (χ1v) is 13.8. The van der Waals surface area contributed by atoms with E-state index < -0.39 is 0 Å². The number of imidazole rings is 1. The normalized spacial score (nSPS) is 18.3. The molecule has 1 saturated carbocycles. The summed E-state index contributed by atoms with van der Waals surface area (Å²) in [6.07, 6.45) is 15.4. The highest BCUT2D eigenvalue weighted by atomic mass is 16.5. The zero-order chi connectivity index (χ0) is 26.3. The van der Waals surface area contributed by atoms with E-state index in [2.05, 4.69) is 38.7 Å². The van der Waals surface area contributed by atoms with Crippen molar-refractivity contribution < 1.29 is 4.74 Å². The van der Waals surface area contributed by atoms with E-state index in [1.165, 1.54) is 12.8 Å². The van der Waals surface area contributed by atoms with Gasteiger partial charge >= 0.3 is 5.69 Å². The zero-order valence-electron chi connectivity index (χ0n) is 22.3. The summed E-state index contributed by atoms with van der Waals surface area (Å²) in [4.78, 5) is 18.5. The van der Waals surface area contributed by atoms with E-state index in [0.717, 1.165) is 72.9 Å². The molecule has 1 aliphatic rings. The minimum atomic E-state index is 0.0324. The molecule has 0 bridgehead atoms.